The summed E-state index contributed by atoms with van der Waals surface area (Å²) >= 11 is 5.86. The molecule has 0 amide bonds. The molecule has 0 aliphatic heterocycles. The van der Waals surface area contributed by atoms with Crippen molar-refractivity contribution in [2.75, 3.05) is 0 Å². The van der Waals surface area contributed by atoms with E-state index in [1.54, 1.807) is 23.0 Å². The van der Waals surface area contributed by atoms with Crippen molar-refractivity contribution in [3.63, 3.8) is 0 Å². The summed E-state index contributed by atoms with van der Waals surface area (Å²) in [6.07, 6.45) is 3.61. The highest BCUT2D eigenvalue weighted by Crippen LogP contribution is 2.22. The van der Waals surface area contributed by atoms with E-state index in [0.717, 1.165) is 16.8 Å². The standard InChI is InChI=1S/C15H10ClN3O2/c16-13-3-1-11(2-4-13)12-9-17-18(10-12)14-5-7-15(8-6-14)19(20)21/h1-10H. The van der Waals surface area contributed by atoms with E-state index in [-0.39, 0.29) is 5.69 Å². The molecule has 0 aliphatic rings. The van der Waals surface area contributed by atoms with Crippen LogP contribution in [0.3, 0.4) is 0 Å². The topological polar surface area (TPSA) is 61.0 Å². The smallest absolute Gasteiger partial charge is 0.258 e. The van der Waals surface area contributed by atoms with Crippen LogP contribution in [0.4, 0.5) is 5.69 Å². The highest BCUT2D eigenvalue weighted by Gasteiger charge is 2.07. The molecule has 0 atom stereocenters. The molecule has 0 spiro atoms. The van der Waals surface area contributed by atoms with Crippen LogP contribution in [0.2, 0.25) is 5.02 Å². The van der Waals surface area contributed by atoms with E-state index in [1.807, 2.05) is 30.5 Å². The maximum atomic E-state index is 10.6. The van der Waals surface area contributed by atoms with Crippen molar-refractivity contribution in [1.29, 1.82) is 0 Å². The van der Waals surface area contributed by atoms with E-state index in [0.29, 0.717) is 5.02 Å². The zero-order valence-electron chi connectivity index (χ0n) is 10.8. The summed E-state index contributed by atoms with van der Waals surface area (Å²) in [6, 6.07) is 13.7. The molecule has 104 valence electrons. The van der Waals surface area contributed by atoms with Crippen molar-refractivity contribution in [1.82, 2.24) is 9.78 Å². The molecule has 6 heteroatoms. The fourth-order valence-corrected chi connectivity index (χ4v) is 2.11. The Bertz CT molecular complexity index is 779. The fraction of sp³-hybridized carbons (Fsp3) is 0. The number of rotatable bonds is 3. The number of hydrogen-bond acceptors (Lipinski definition) is 3. The van der Waals surface area contributed by atoms with Gasteiger partial charge in [-0.15, -0.1) is 0 Å². The van der Waals surface area contributed by atoms with E-state index >= 15 is 0 Å². The molecule has 3 rings (SSSR count). The summed E-state index contributed by atoms with van der Waals surface area (Å²) in [7, 11) is 0. The molecule has 0 fully saturated rings. The molecular weight excluding hydrogens is 290 g/mol. The van der Waals surface area contributed by atoms with Crippen molar-refractivity contribution in [2.45, 2.75) is 0 Å². The van der Waals surface area contributed by atoms with Gasteiger partial charge in [-0.05, 0) is 29.8 Å². The van der Waals surface area contributed by atoms with Gasteiger partial charge in [0.1, 0.15) is 0 Å². The summed E-state index contributed by atoms with van der Waals surface area (Å²) in [5.74, 6) is 0. The van der Waals surface area contributed by atoms with Crippen LogP contribution in [0.25, 0.3) is 16.8 Å². The fourth-order valence-electron chi connectivity index (χ4n) is 1.98. The first-order chi connectivity index (χ1) is 10.1. The first-order valence-corrected chi connectivity index (χ1v) is 6.57. The van der Waals surface area contributed by atoms with Crippen LogP contribution in [0, 0.1) is 10.1 Å². The van der Waals surface area contributed by atoms with E-state index in [2.05, 4.69) is 5.10 Å². The van der Waals surface area contributed by atoms with Crippen LogP contribution in [0.15, 0.2) is 60.9 Å². The van der Waals surface area contributed by atoms with Crippen LogP contribution >= 0.6 is 11.6 Å². The maximum absolute atomic E-state index is 10.6. The molecule has 1 aromatic heterocycles. The Hall–Kier alpha value is -2.66. The summed E-state index contributed by atoms with van der Waals surface area (Å²) in [5, 5.41) is 15.6. The van der Waals surface area contributed by atoms with Gasteiger partial charge >= 0.3 is 0 Å². The van der Waals surface area contributed by atoms with Crippen LogP contribution in [0.1, 0.15) is 0 Å². The van der Waals surface area contributed by atoms with E-state index in [9.17, 15) is 10.1 Å². The van der Waals surface area contributed by atoms with Crippen molar-refractivity contribution in [3.05, 3.63) is 76.1 Å². The molecule has 3 aromatic rings. The zero-order valence-corrected chi connectivity index (χ0v) is 11.6. The monoisotopic (exact) mass is 299 g/mol. The van der Waals surface area contributed by atoms with Gasteiger partial charge in [-0.2, -0.15) is 5.10 Å². The highest BCUT2D eigenvalue weighted by atomic mass is 35.5. The Balaban J connectivity index is 1.90. The molecule has 0 bridgehead atoms. The molecule has 1 heterocycles. The van der Waals surface area contributed by atoms with Gasteiger partial charge in [0, 0.05) is 28.9 Å². The highest BCUT2D eigenvalue weighted by molar-refractivity contribution is 6.30. The third-order valence-corrected chi connectivity index (χ3v) is 3.34. The second kappa shape index (κ2) is 5.38. The zero-order chi connectivity index (χ0) is 14.8. The predicted octanol–water partition coefficient (Wildman–Crippen LogP) is 4.10. The number of hydrogen-bond donors (Lipinski definition) is 0. The minimum Gasteiger partial charge on any atom is -0.258 e. The number of halogens is 1. The third kappa shape index (κ3) is 2.78. The van der Waals surface area contributed by atoms with Gasteiger partial charge in [0.2, 0.25) is 0 Å². The van der Waals surface area contributed by atoms with Gasteiger partial charge in [-0.25, -0.2) is 4.68 Å². The molecular formula is C15H10ClN3O2. The number of non-ortho nitro benzene ring substituents is 1. The number of nitrogens with zero attached hydrogens (tertiary/aromatic N) is 3. The lowest BCUT2D eigenvalue weighted by Gasteiger charge is -2.00. The molecule has 0 unspecified atom stereocenters. The van der Waals surface area contributed by atoms with Crippen molar-refractivity contribution in [2.24, 2.45) is 0 Å². The largest absolute Gasteiger partial charge is 0.269 e. The molecule has 21 heavy (non-hydrogen) atoms. The quantitative estimate of drug-likeness (QED) is 0.540. The van der Waals surface area contributed by atoms with Gasteiger partial charge < -0.3 is 0 Å². The Kier molecular flexibility index (Phi) is 3.41. The van der Waals surface area contributed by atoms with Crippen LogP contribution < -0.4 is 0 Å². The van der Waals surface area contributed by atoms with Crippen LogP contribution in [0.5, 0.6) is 0 Å². The minimum atomic E-state index is -0.425. The summed E-state index contributed by atoms with van der Waals surface area (Å²) in [6.45, 7) is 0. The predicted molar refractivity (Wildman–Crippen MR) is 80.7 cm³/mol. The lowest BCUT2D eigenvalue weighted by molar-refractivity contribution is -0.384. The maximum Gasteiger partial charge on any atom is 0.269 e. The molecule has 0 saturated heterocycles. The summed E-state index contributed by atoms with van der Waals surface area (Å²) < 4.78 is 1.67. The molecule has 2 aromatic carbocycles. The average Bonchev–Trinajstić information content (AvgIpc) is 2.98. The second-order valence-corrected chi connectivity index (χ2v) is 4.89. The van der Waals surface area contributed by atoms with Gasteiger partial charge in [0.05, 0.1) is 16.8 Å². The second-order valence-electron chi connectivity index (χ2n) is 4.45. The summed E-state index contributed by atoms with van der Waals surface area (Å²) in [5.41, 5.74) is 2.78. The Morgan fingerprint density at radius 1 is 1.00 bits per heavy atom. The Morgan fingerprint density at radius 3 is 2.29 bits per heavy atom. The van der Waals surface area contributed by atoms with Crippen molar-refractivity contribution < 1.29 is 4.92 Å². The van der Waals surface area contributed by atoms with Crippen LogP contribution in [-0.4, -0.2) is 14.7 Å². The summed E-state index contributed by atoms with van der Waals surface area (Å²) in [4.78, 5) is 10.2. The van der Waals surface area contributed by atoms with E-state index < -0.39 is 4.92 Å². The number of nitro benzene ring substituents is 1. The SMILES string of the molecule is O=[N+]([O-])c1ccc(-n2cc(-c3ccc(Cl)cc3)cn2)cc1. The van der Waals surface area contributed by atoms with E-state index in [4.69, 9.17) is 11.6 Å². The molecule has 5 nitrogen and oxygen atoms in total. The van der Waals surface area contributed by atoms with Gasteiger partial charge in [0.25, 0.3) is 5.69 Å². The van der Waals surface area contributed by atoms with Crippen LogP contribution in [-0.2, 0) is 0 Å². The molecule has 0 radical (unpaired) electrons. The van der Waals surface area contributed by atoms with Crippen molar-refractivity contribution in [3.8, 4) is 16.8 Å². The molecule has 0 N–H and O–H groups in total. The Morgan fingerprint density at radius 2 is 1.67 bits per heavy atom. The number of nitro groups is 1. The molecule has 0 saturated carbocycles. The van der Waals surface area contributed by atoms with Gasteiger partial charge in [0.15, 0.2) is 0 Å². The van der Waals surface area contributed by atoms with Crippen molar-refractivity contribution >= 4 is 17.3 Å². The number of benzene rings is 2. The normalized spacial score (nSPS) is 10.5. The van der Waals surface area contributed by atoms with Gasteiger partial charge in [-0.3, -0.25) is 10.1 Å². The first-order valence-electron chi connectivity index (χ1n) is 6.19. The van der Waals surface area contributed by atoms with Gasteiger partial charge in [-0.1, -0.05) is 23.7 Å². The third-order valence-electron chi connectivity index (χ3n) is 3.09. The Labute approximate surface area is 125 Å². The average molecular weight is 300 g/mol. The van der Waals surface area contributed by atoms with E-state index in [1.165, 1.54) is 12.1 Å². The number of aromatic nitrogens is 2. The first kappa shape index (κ1) is 13.3. The lowest BCUT2D eigenvalue weighted by atomic mass is 10.1. The minimum absolute atomic E-state index is 0.0591. The molecule has 0 aliphatic carbocycles. The lowest BCUT2D eigenvalue weighted by Crippen LogP contribution is -1.94.